The van der Waals surface area contributed by atoms with Crippen LogP contribution in [0, 0.1) is 0 Å². The van der Waals surface area contributed by atoms with Gasteiger partial charge in [0.15, 0.2) is 0 Å². The van der Waals surface area contributed by atoms with Crippen LogP contribution in [0.3, 0.4) is 0 Å². The molecule has 0 aliphatic rings. The van der Waals surface area contributed by atoms with Crippen LogP contribution < -0.4 is 5.32 Å². The predicted octanol–water partition coefficient (Wildman–Crippen LogP) is 4.55. The largest absolute Gasteiger partial charge is 0.296 e. The molecule has 0 saturated heterocycles. The van der Waals surface area contributed by atoms with Crippen LogP contribution in [0.1, 0.15) is 35.1 Å². The maximum atomic E-state index is 12.1. The normalized spacial score (nSPS) is 10.6. The van der Waals surface area contributed by atoms with E-state index in [4.69, 9.17) is 11.6 Å². The molecule has 4 nitrogen and oxygen atoms in total. The van der Waals surface area contributed by atoms with Crippen molar-refractivity contribution in [1.29, 1.82) is 0 Å². The Hall–Kier alpha value is -0.980. The van der Waals surface area contributed by atoms with Crippen LogP contribution in [0.5, 0.6) is 0 Å². The quantitative estimate of drug-likeness (QED) is 0.835. The van der Waals surface area contributed by atoms with E-state index in [-0.39, 0.29) is 5.91 Å². The SMILES string of the molecule is CCCCc1nnc(NC(=O)c2cc(Br)ccc2Cl)s1. The number of aromatic nitrogens is 2. The topological polar surface area (TPSA) is 54.9 Å². The number of carbonyl (C=O) groups is 1. The number of rotatable bonds is 5. The number of aryl methyl sites for hydroxylation is 1. The van der Waals surface area contributed by atoms with E-state index >= 15 is 0 Å². The van der Waals surface area contributed by atoms with E-state index in [1.54, 1.807) is 18.2 Å². The van der Waals surface area contributed by atoms with Gasteiger partial charge in [0.05, 0.1) is 10.6 Å². The second-order valence-corrected chi connectivity index (χ2v) is 6.57. The van der Waals surface area contributed by atoms with Gasteiger partial charge < -0.3 is 0 Å². The van der Waals surface area contributed by atoms with Crippen LogP contribution >= 0.6 is 38.9 Å². The van der Waals surface area contributed by atoms with Gasteiger partial charge in [0.2, 0.25) is 5.13 Å². The van der Waals surface area contributed by atoms with Crippen LogP contribution in [0.25, 0.3) is 0 Å². The summed E-state index contributed by atoms with van der Waals surface area (Å²) in [4.78, 5) is 12.1. The summed E-state index contributed by atoms with van der Waals surface area (Å²) in [7, 11) is 0. The van der Waals surface area contributed by atoms with E-state index in [0.717, 1.165) is 28.7 Å². The molecule has 0 atom stereocenters. The highest BCUT2D eigenvalue weighted by Crippen LogP contribution is 2.23. The standard InChI is InChI=1S/C13H13BrClN3OS/c1-2-3-4-11-17-18-13(20-11)16-12(19)9-7-8(14)5-6-10(9)15/h5-7H,2-4H2,1H3,(H,16,18,19). The van der Waals surface area contributed by atoms with Crippen molar-refractivity contribution in [3.8, 4) is 0 Å². The number of hydrogen-bond acceptors (Lipinski definition) is 4. The van der Waals surface area contributed by atoms with Crippen molar-refractivity contribution in [3.63, 3.8) is 0 Å². The monoisotopic (exact) mass is 373 g/mol. The fourth-order valence-electron chi connectivity index (χ4n) is 1.57. The van der Waals surface area contributed by atoms with Crippen molar-refractivity contribution in [2.45, 2.75) is 26.2 Å². The van der Waals surface area contributed by atoms with Crippen molar-refractivity contribution in [1.82, 2.24) is 10.2 Å². The molecule has 0 bridgehead atoms. The van der Waals surface area contributed by atoms with Gasteiger partial charge in [-0.05, 0) is 24.6 Å². The number of anilines is 1. The molecule has 1 aromatic carbocycles. The zero-order valence-electron chi connectivity index (χ0n) is 10.8. The third kappa shape index (κ3) is 4.01. The van der Waals surface area contributed by atoms with Gasteiger partial charge in [-0.2, -0.15) is 0 Å². The predicted molar refractivity (Wildman–Crippen MR) is 85.6 cm³/mol. The van der Waals surface area contributed by atoms with Gasteiger partial charge in [-0.1, -0.05) is 52.2 Å². The number of carbonyl (C=O) groups excluding carboxylic acids is 1. The van der Waals surface area contributed by atoms with E-state index in [1.165, 1.54) is 11.3 Å². The number of nitrogens with one attached hydrogen (secondary N) is 1. The van der Waals surface area contributed by atoms with Gasteiger partial charge in [0.1, 0.15) is 5.01 Å². The molecule has 1 heterocycles. The first kappa shape index (κ1) is 15.4. The first-order chi connectivity index (χ1) is 9.60. The number of benzene rings is 1. The summed E-state index contributed by atoms with van der Waals surface area (Å²) in [5.41, 5.74) is 0.409. The second kappa shape index (κ2) is 7.15. The number of unbranched alkanes of at least 4 members (excludes halogenated alkanes) is 1. The summed E-state index contributed by atoms with van der Waals surface area (Å²) in [6.07, 6.45) is 3.07. The molecule has 0 spiro atoms. The van der Waals surface area contributed by atoms with Crippen LogP contribution in [0.2, 0.25) is 5.02 Å². The molecule has 2 aromatic rings. The van der Waals surface area contributed by atoms with Crippen molar-refractivity contribution in [2.24, 2.45) is 0 Å². The molecule has 0 radical (unpaired) electrons. The molecule has 0 aliphatic carbocycles. The van der Waals surface area contributed by atoms with Gasteiger partial charge in [0, 0.05) is 10.9 Å². The maximum absolute atomic E-state index is 12.1. The van der Waals surface area contributed by atoms with E-state index < -0.39 is 0 Å². The lowest BCUT2D eigenvalue weighted by molar-refractivity contribution is 0.102. The van der Waals surface area contributed by atoms with E-state index in [0.29, 0.717) is 15.7 Å². The van der Waals surface area contributed by atoms with Crippen LogP contribution in [0.4, 0.5) is 5.13 Å². The summed E-state index contributed by atoms with van der Waals surface area (Å²) in [6, 6.07) is 5.14. The minimum absolute atomic E-state index is 0.283. The molecule has 1 aromatic heterocycles. The zero-order chi connectivity index (χ0) is 14.5. The van der Waals surface area contributed by atoms with Gasteiger partial charge in [-0.3, -0.25) is 10.1 Å². The van der Waals surface area contributed by atoms with Gasteiger partial charge >= 0.3 is 0 Å². The minimum atomic E-state index is -0.283. The molecular weight excluding hydrogens is 362 g/mol. The first-order valence-corrected chi connectivity index (χ1v) is 8.17. The van der Waals surface area contributed by atoms with Crippen LogP contribution in [0.15, 0.2) is 22.7 Å². The molecule has 0 fully saturated rings. The number of nitrogens with zero attached hydrogens (tertiary/aromatic N) is 2. The zero-order valence-corrected chi connectivity index (χ0v) is 14.0. The molecule has 1 N–H and O–H groups in total. The Labute approximate surface area is 134 Å². The summed E-state index contributed by atoms with van der Waals surface area (Å²) in [6.45, 7) is 2.12. The van der Waals surface area contributed by atoms with Gasteiger partial charge in [-0.15, -0.1) is 10.2 Å². The number of halogens is 2. The number of amides is 1. The van der Waals surface area contributed by atoms with E-state index in [9.17, 15) is 4.79 Å². The van der Waals surface area contributed by atoms with Crippen LogP contribution in [-0.4, -0.2) is 16.1 Å². The molecular formula is C13H13BrClN3OS. The Morgan fingerprint density at radius 3 is 3.00 bits per heavy atom. The van der Waals surface area contributed by atoms with Gasteiger partial charge in [-0.25, -0.2) is 0 Å². The Bertz CT molecular complexity index is 617. The molecule has 7 heteroatoms. The lowest BCUT2D eigenvalue weighted by Gasteiger charge is -2.04. The third-order valence-corrected chi connectivity index (χ3v) is 4.33. The van der Waals surface area contributed by atoms with E-state index in [2.05, 4.69) is 38.4 Å². The lowest BCUT2D eigenvalue weighted by atomic mass is 10.2. The smallest absolute Gasteiger partial charge is 0.259 e. The fraction of sp³-hybridized carbons (Fsp3) is 0.308. The van der Waals surface area contributed by atoms with Crippen molar-refractivity contribution >= 4 is 49.9 Å². The van der Waals surface area contributed by atoms with E-state index in [1.807, 2.05) is 0 Å². The highest BCUT2D eigenvalue weighted by Gasteiger charge is 2.13. The molecule has 2 rings (SSSR count). The molecule has 1 amide bonds. The van der Waals surface area contributed by atoms with Crippen molar-refractivity contribution in [2.75, 3.05) is 5.32 Å². The Morgan fingerprint density at radius 1 is 1.45 bits per heavy atom. The summed E-state index contributed by atoms with van der Waals surface area (Å²) < 4.78 is 0.799. The molecule has 0 aliphatic heterocycles. The van der Waals surface area contributed by atoms with Crippen molar-refractivity contribution < 1.29 is 4.79 Å². The Morgan fingerprint density at radius 2 is 2.25 bits per heavy atom. The highest BCUT2D eigenvalue weighted by atomic mass is 79.9. The third-order valence-electron chi connectivity index (χ3n) is 2.60. The summed E-state index contributed by atoms with van der Waals surface area (Å²) in [5, 5.41) is 12.6. The highest BCUT2D eigenvalue weighted by molar-refractivity contribution is 9.10. The maximum Gasteiger partial charge on any atom is 0.259 e. The molecule has 106 valence electrons. The number of hydrogen-bond donors (Lipinski definition) is 1. The summed E-state index contributed by atoms with van der Waals surface area (Å²) >= 11 is 10.7. The first-order valence-electron chi connectivity index (χ1n) is 6.19. The Kier molecular flexibility index (Phi) is 5.51. The van der Waals surface area contributed by atoms with Crippen molar-refractivity contribution in [3.05, 3.63) is 38.3 Å². The average Bonchev–Trinajstić information content (AvgIpc) is 2.86. The molecule has 0 unspecified atom stereocenters. The molecule has 0 saturated carbocycles. The Balaban J connectivity index is 2.07. The average molecular weight is 375 g/mol. The fourth-order valence-corrected chi connectivity index (χ4v) is 2.91. The molecule has 20 heavy (non-hydrogen) atoms. The van der Waals surface area contributed by atoms with Gasteiger partial charge in [0.25, 0.3) is 5.91 Å². The minimum Gasteiger partial charge on any atom is -0.296 e. The lowest BCUT2D eigenvalue weighted by Crippen LogP contribution is -2.12. The van der Waals surface area contributed by atoms with Crippen LogP contribution in [-0.2, 0) is 6.42 Å². The summed E-state index contributed by atoms with van der Waals surface area (Å²) in [5.74, 6) is -0.283. The second-order valence-electron chi connectivity index (χ2n) is 4.18.